The molecular weight excluding hydrogens is 820 g/mol. The number of benzene rings is 2. The highest BCUT2D eigenvalue weighted by molar-refractivity contribution is 9.10. The number of likely N-dealkylation sites (N-methyl/N-ethyl adjacent to an activating group) is 1. The summed E-state index contributed by atoms with van der Waals surface area (Å²) in [6.45, 7) is 9.34. The summed E-state index contributed by atoms with van der Waals surface area (Å²) < 4.78 is 13.2. The third kappa shape index (κ3) is 11.1. The number of nitrogens with zero attached hydrogens (tertiary/aromatic N) is 6. The van der Waals surface area contributed by atoms with Crippen LogP contribution in [0.2, 0.25) is 0 Å². The normalized spacial score (nSPS) is 15.0. The van der Waals surface area contributed by atoms with Gasteiger partial charge in [-0.15, -0.1) is 0 Å². The lowest BCUT2D eigenvalue weighted by atomic mass is 10.1. The number of halogens is 2. The van der Waals surface area contributed by atoms with Gasteiger partial charge >= 0.3 is 0 Å². The molecule has 6 aromatic rings. The van der Waals surface area contributed by atoms with Crippen LogP contribution in [0.5, 0.6) is 11.5 Å². The van der Waals surface area contributed by atoms with Crippen molar-refractivity contribution in [2.24, 2.45) is 0 Å². The highest BCUT2D eigenvalue weighted by atomic mass is 79.9. The molecule has 0 radical (unpaired) electrons. The van der Waals surface area contributed by atoms with Crippen molar-refractivity contribution >= 4 is 54.2 Å². The van der Waals surface area contributed by atoms with E-state index in [-0.39, 0.29) is 19.3 Å². The molecule has 15 heteroatoms. The Morgan fingerprint density at radius 1 is 0.759 bits per heavy atom. The molecule has 1 aliphatic heterocycles. The number of hydrogen-bond donors (Lipinski definition) is 5. The topological polar surface area (TPSA) is 169 Å². The number of ether oxygens (including phenoxy) is 2. The number of aromatic amines is 2. The summed E-state index contributed by atoms with van der Waals surface area (Å²) >= 11 is 6.82. The van der Waals surface area contributed by atoms with E-state index in [1.54, 1.807) is 12.4 Å². The van der Waals surface area contributed by atoms with Crippen molar-refractivity contribution in [2.45, 2.75) is 45.0 Å². The lowest BCUT2D eigenvalue weighted by Gasteiger charge is -2.30. The van der Waals surface area contributed by atoms with Crippen LogP contribution in [0.1, 0.15) is 26.7 Å². The van der Waals surface area contributed by atoms with E-state index in [1.807, 2.05) is 60.7 Å². The molecule has 2 unspecified atom stereocenters. The minimum atomic E-state index is -0.560. The van der Waals surface area contributed by atoms with Gasteiger partial charge in [-0.3, -0.25) is 0 Å². The molecule has 7 rings (SSSR count). The zero-order valence-corrected chi connectivity index (χ0v) is 33.5. The second-order valence-corrected chi connectivity index (χ2v) is 15.0. The lowest BCUT2D eigenvalue weighted by molar-refractivity contribution is 0.0338. The second-order valence-electron chi connectivity index (χ2n) is 13.2. The van der Waals surface area contributed by atoms with Crippen molar-refractivity contribution in [3.05, 3.63) is 82.0 Å². The quantitative estimate of drug-likeness (QED) is 0.0865. The molecular formula is C39H46Br2N8O5. The molecule has 0 amide bonds. The van der Waals surface area contributed by atoms with Crippen LogP contribution in [0, 0.1) is 0 Å². The van der Waals surface area contributed by atoms with Crippen molar-refractivity contribution in [2.75, 3.05) is 52.5 Å². The Morgan fingerprint density at radius 2 is 1.22 bits per heavy atom. The smallest absolute Gasteiger partial charge is 0.178 e. The Balaban J connectivity index is 0.000000185. The standard InChI is InChI=1S/C20H23BrN4O3.C19H23BrN4O2/c21-14-9-18-20(22-10-14)24-19(23-18)13-1-3-17(4-2-13)28-12-16(27)11-25-7-5-15(26)6-8-25;1-3-24(4-2)11-15(25)12-26-16-7-5-13(6-8-16)18-22-17-9-14(20)10-21-19(17)23-18/h1-4,9-10,15-16,26-27H,5-8,11-12H2,(H,22,23,24);5-10,15,25H,3-4,11-12H2,1-2H3,(H,21,22,23). The third-order valence-corrected chi connectivity index (χ3v) is 10.0. The number of rotatable bonds is 14. The Bertz CT molecular complexity index is 2070. The summed E-state index contributed by atoms with van der Waals surface area (Å²) in [5.41, 5.74) is 5.01. The first-order chi connectivity index (χ1) is 26.1. The average Bonchev–Trinajstić information content (AvgIpc) is 3.81. The van der Waals surface area contributed by atoms with Crippen molar-refractivity contribution in [1.82, 2.24) is 39.7 Å². The van der Waals surface area contributed by atoms with Gasteiger partial charge in [-0.05, 0) is 118 Å². The Hall–Kier alpha value is -3.96. The van der Waals surface area contributed by atoms with Crippen LogP contribution in [-0.4, -0.2) is 126 Å². The molecule has 5 heterocycles. The maximum Gasteiger partial charge on any atom is 0.178 e. The summed E-state index contributed by atoms with van der Waals surface area (Å²) in [7, 11) is 0. The maximum absolute atomic E-state index is 10.2. The molecule has 4 aromatic heterocycles. The largest absolute Gasteiger partial charge is 0.491 e. The number of imidazole rings is 2. The van der Waals surface area contributed by atoms with Crippen LogP contribution >= 0.6 is 31.9 Å². The molecule has 0 spiro atoms. The zero-order valence-electron chi connectivity index (χ0n) is 30.3. The van der Waals surface area contributed by atoms with Crippen molar-refractivity contribution in [1.29, 1.82) is 0 Å². The van der Waals surface area contributed by atoms with E-state index >= 15 is 0 Å². The number of nitrogens with one attached hydrogen (secondary N) is 2. The molecule has 1 aliphatic rings. The Labute approximate surface area is 331 Å². The van der Waals surface area contributed by atoms with Crippen LogP contribution in [0.25, 0.3) is 45.1 Å². The summed E-state index contributed by atoms with van der Waals surface area (Å²) in [6, 6.07) is 19.2. The van der Waals surface area contributed by atoms with Gasteiger partial charge in [0.1, 0.15) is 48.6 Å². The van der Waals surface area contributed by atoms with Gasteiger partial charge in [-0.25, -0.2) is 19.9 Å². The van der Waals surface area contributed by atoms with E-state index in [9.17, 15) is 15.3 Å². The van der Waals surface area contributed by atoms with E-state index in [0.717, 1.165) is 87.5 Å². The maximum atomic E-state index is 10.2. The van der Waals surface area contributed by atoms with Crippen LogP contribution in [-0.2, 0) is 0 Å². The van der Waals surface area contributed by atoms with Crippen molar-refractivity contribution < 1.29 is 24.8 Å². The van der Waals surface area contributed by atoms with E-state index in [1.165, 1.54) is 0 Å². The number of hydrogen-bond acceptors (Lipinski definition) is 11. The van der Waals surface area contributed by atoms with Crippen LogP contribution in [0.15, 0.2) is 82.0 Å². The molecule has 5 N–H and O–H groups in total. The molecule has 2 atom stereocenters. The number of aliphatic hydroxyl groups excluding tert-OH is 3. The first-order valence-electron chi connectivity index (χ1n) is 18.1. The van der Waals surface area contributed by atoms with Gasteiger partial charge in [0.2, 0.25) is 0 Å². The highest BCUT2D eigenvalue weighted by Gasteiger charge is 2.20. The van der Waals surface area contributed by atoms with Gasteiger partial charge in [0.05, 0.1) is 17.1 Å². The van der Waals surface area contributed by atoms with E-state index in [2.05, 4.69) is 85.4 Å². The number of β-amino-alcohol motifs (C(OH)–C–C–N with tert-alkyl or cyclic N) is 1. The van der Waals surface area contributed by atoms with Gasteiger partial charge in [0.15, 0.2) is 11.3 Å². The monoisotopic (exact) mass is 864 g/mol. The molecule has 2 aromatic carbocycles. The molecule has 1 saturated heterocycles. The molecule has 0 aliphatic carbocycles. The molecule has 13 nitrogen and oxygen atoms in total. The summed E-state index contributed by atoms with van der Waals surface area (Å²) in [4.78, 5) is 28.4. The van der Waals surface area contributed by atoms with Crippen LogP contribution in [0.3, 0.4) is 0 Å². The minimum absolute atomic E-state index is 0.202. The van der Waals surface area contributed by atoms with Crippen molar-refractivity contribution in [3.8, 4) is 34.3 Å². The highest BCUT2D eigenvalue weighted by Crippen LogP contribution is 2.25. The second kappa shape index (κ2) is 19.1. The Morgan fingerprint density at radius 3 is 1.69 bits per heavy atom. The predicted molar refractivity (Wildman–Crippen MR) is 217 cm³/mol. The fourth-order valence-electron chi connectivity index (χ4n) is 6.11. The van der Waals surface area contributed by atoms with Gasteiger partial charge in [0.25, 0.3) is 0 Å². The number of H-pyrrole nitrogens is 2. The van der Waals surface area contributed by atoms with Crippen molar-refractivity contribution in [3.63, 3.8) is 0 Å². The number of pyridine rings is 2. The number of fused-ring (bicyclic) bond motifs is 2. The van der Waals surface area contributed by atoms with E-state index in [0.29, 0.717) is 30.1 Å². The molecule has 1 fully saturated rings. The Kier molecular flexibility index (Phi) is 14.0. The number of piperidine rings is 1. The van der Waals surface area contributed by atoms with Crippen LogP contribution < -0.4 is 9.47 Å². The van der Waals surface area contributed by atoms with Gasteiger partial charge in [-0.2, -0.15) is 0 Å². The molecule has 0 saturated carbocycles. The van der Waals surface area contributed by atoms with E-state index in [4.69, 9.17) is 9.47 Å². The first kappa shape index (κ1) is 39.7. The van der Waals surface area contributed by atoms with Gasteiger partial charge in [-0.1, -0.05) is 13.8 Å². The lowest BCUT2D eigenvalue weighted by Crippen LogP contribution is -2.41. The SMILES string of the molecule is CCN(CC)CC(O)COc1ccc(-c2nc3ncc(Br)cc3[nH]2)cc1.OC1CCN(CC(O)COc2ccc(-c3nc4ncc(Br)cc4[nH]3)cc2)CC1. The zero-order chi connectivity index (χ0) is 38.0. The number of likely N-dealkylation sites (tertiary alicyclic amines) is 1. The summed E-state index contributed by atoms with van der Waals surface area (Å²) in [5.74, 6) is 2.94. The van der Waals surface area contributed by atoms with Crippen LogP contribution in [0.4, 0.5) is 0 Å². The summed E-state index contributed by atoms with van der Waals surface area (Å²) in [5, 5.41) is 29.8. The number of aliphatic hydroxyl groups is 3. The minimum Gasteiger partial charge on any atom is -0.491 e. The fraction of sp³-hybridized carbons (Fsp3) is 0.385. The molecule has 286 valence electrons. The fourth-order valence-corrected chi connectivity index (χ4v) is 6.77. The molecule has 54 heavy (non-hydrogen) atoms. The van der Waals surface area contributed by atoms with Gasteiger partial charge in [0, 0.05) is 58.6 Å². The van der Waals surface area contributed by atoms with Gasteiger partial charge < -0.3 is 44.6 Å². The van der Waals surface area contributed by atoms with E-state index < -0.39 is 12.2 Å². The first-order valence-corrected chi connectivity index (χ1v) is 19.7. The number of aromatic nitrogens is 6. The average molecular weight is 867 g/mol. The third-order valence-electron chi connectivity index (χ3n) is 9.14. The summed E-state index contributed by atoms with van der Waals surface area (Å²) in [6.07, 6.45) is 3.72. The predicted octanol–water partition coefficient (Wildman–Crippen LogP) is 6.05. The molecule has 0 bridgehead atoms.